The molecule has 10 heteroatoms. The Morgan fingerprint density at radius 2 is 1.81 bits per heavy atom. The van der Waals surface area contributed by atoms with E-state index in [0.29, 0.717) is 5.69 Å². The van der Waals surface area contributed by atoms with Gasteiger partial charge in [-0.25, -0.2) is 18.6 Å². The second-order valence-corrected chi connectivity index (χ2v) is 10.6. The first kappa shape index (κ1) is 27.5. The van der Waals surface area contributed by atoms with Gasteiger partial charge in [0.15, 0.2) is 0 Å². The zero-order valence-electron chi connectivity index (χ0n) is 21.7. The Bertz CT molecular complexity index is 1600. The van der Waals surface area contributed by atoms with Crippen LogP contribution in [0.1, 0.15) is 58.5 Å². The number of hydrogen-bond acceptors (Lipinski definition) is 5. The third-order valence-corrected chi connectivity index (χ3v) is 5.23. The minimum Gasteiger partial charge on any atom is -0.457 e. The van der Waals surface area contributed by atoms with Gasteiger partial charge in [0.25, 0.3) is 11.1 Å². The molecule has 0 spiro atoms. The Kier molecular flexibility index (Phi) is 7.52. The molecule has 0 aliphatic rings. The normalized spacial score (nSPS) is 13.2. The van der Waals surface area contributed by atoms with Crippen molar-refractivity contribution in [3.8, 4) is 0 Å². The summed E-state index contributed by atoms with van der Waals surface area (Å²) in [6.07, 6.45) is 3.93. The molecular formula is C27H30F2N4O4. The highest BCUT2D eigenvalue weighted by Gasteiger charge is 2.21. The van der Waals surface area contributed by atoms with E-state index in [2.05, 4.69) is 21.5 Å². The Morgan fingerprint density at radius 1 is 1.14 bits per heavy atom. The molecule has 0 fully saturated rings. The number of carbonyl (C=O) groups is 1. The van der Waals surface area contributed by atoms with Crippen molar-refractivity contribution in [1.82, 2.24) is 19.5 Å². The van der Waals surface area contributed by atoms with E-state index in [1.807, 2.05) is 20.8 Å². The van der Waals surface area contributed by atoms with E-state index in [9.17, 15) is 23.2 Å². The molecule has 0 saturated carbocycles. The predicted octanol–water partition coefficient (Wildman–Crippen LogP) is 2.39. The van der Waals surface area contributed by atoms with E-state index in [1.165, 1.54) is 12.4 Å². The van der Waals surface area contributed by atoms with E-state index in [1.54, 1.807) is 20.8 Å². The first-order chi connectivity index (χ1) is 17.1. The topological polar surface area (TPSA) is 110 Å². The van der Waals surface area contributed by atoms with E-state index in [-0.39, 0.29) is 27.2 Å². The van der Waals surface area contributed by atoms with Gasteiger partial charge >= 0.3 is 5.97 Å². The van der Waals surface area contributed by atoms with Crippen molar-refractivity contribution in [2.45, 2.75) is 59.1 Å². The van der Waals surface area contributed by atoms with Crippen molar-refractivity contribution in [1.29, 1.82) is 0 Å². The van der Waals surface area contributed by atoms with Gasteiger partial charge in [-0.05, 0) is 51.1 Å². The summed E-state index contributed by atoms with van der Waals surface area (Å²) in [7, 11) is 0. The summed E-state index contributed by atoms with van der Waals surface area (Å²) in [5.41, 5.74) is -1.81. The minimum atomic E-state index is -0.818. The van der Waals surface area contributed by atoms with Crippen molar-refractivity contribution < 1.29 is 18.3 Å². The first-order valence-corrected chi connectivity index (χ1v) is 11.5. The van der Waals surface area contributed by atoms with Crippen molar-refractivity contribution in [2.75, 3.05) is 0 Å². The molecule has 37 heavy (non-hydrogen) atoms. The van der Waals surface area contributed by atoms with E-state index in [0.717, 1.165) is 34.5 Å². The number of aromatic nitrogens is 4. The van der Waals surface area contributed by atoms with Gasteiger partial charge in [-0.1, -0.05) is 27.4 Å². The standard InChI is InChI=1S/C27H30F2N4O4/c1-15(25(36)37-27(5,6)7)13-33-21(11-16-10-17(28)8-9-18(16)29)23(34)32-20(24(33)35)12-19-22(26(2,3)4)31-14-30-19/h8-12,14H,1,13H2,2-7H3,(H,30,31)(H,32,34)/b20-12-,21-11-. The molecule has 0 bridgehead atoms. The first-order valence-electron chi connectivity index (χ1n) is 11.5. The Labute approximate surface area is 212 Å². The Morgan fingerprint density at radius 3 is 2.43 bits per heavy atom. The molecule has 2 N–H and O–H groups in total. The summed E-state index contributed by atoms with van der Waals surface area (Å²) in [6, 6.07) is 2.74. The maximum Gasteiger partial charge on any atom is 0.335 e. The zero-order valence-corrected chi connectivity index (χ0v) is 21.7. The third kappa shape index (κ3) is 6.58. The Hall–Kier alpha value is -4.08. The molecule has 3 aromatic rings. The van der Waals surface area contributed by atoms with Crippen LogP contribution < -0.4 is 21.8 Å². The predicted molar refractivity (Wildman–Crippen MR) is 136 cm³/mol. The van der Waals surface area contributed by atoms with Crippen LogP contribution in [0.5, 0.6) is 0 Å². The lowest BCUT2D eigenvalue weighted by molar-refractivity contribution is -0.150. The van der Waals surface area contributed by atoms with Crippen molar-refractivity contribution >= 4 is 18.1 Å². The molecule has 0 radical (unpaired) electrons. The van der Waals surface area contributed by atoms with Crippen molar-refractivity contribution in [3.05, 3.63) is 96.7 Å². The summed E-state index contributed by atoms with van der Waals surface area (Å²) >= 11 is 0. The monoisotopic (exact) mass is 512 g/mol. The summed E-state index contributed by atoms with van der Waals surface area (Å²) in [5, 5.41) is -0.411. The molecule has 2 heterocycles. The molecular weight excluding hydrogens is 482 g/mol. The number of carbonyl (C=O) groups excluding carboxylic acids is 1. The number of benzene rings is 1. The number of hydrogen-bond donors (Lipinski definition) is 2. The van der Waals surface area contributed by atoms with Gasteiger partial charge in [-0.2, -0.15) is 0 Å². The number of ether oxygens (including phenoxy) is 1. The van der Waals surface area contributed by atoms with Crippen molar-refractivity contribution in [2.24, 2.45) is 0 Å². The van der Waals surface area contributed by atoms with Crippen LogP contribution in [0.4, 0.5) is 8.78 Å². The van der Waals surface area contributed by atoms with Crippen LogP contribution in [0.25, 0.3) is 12.2 Å². The summed E-state index contributed by atoms with van der Waals surface area (Å²) in [5.74, 6) is -2.29. The smallest absolute Gasteiger partial charge is 0.335 e. The van der Waals surface area contributed by atoms with Crippen LogP contribution in [0, 0.1) is 11.6 Å². The average Bonchev–Trinajstić information content (AvgIpc) is 3.24. The van der Waals surface area contributed by atoms with Gasteiger partial charge in [0.05, 0.1) is 18.6 Å². The number of nitrogens with one attached hydrogen (secondary N) is 2. The highest BCUT2D eigenvalue weighted by molar-refractivity contribution is 5.87. The number of imidazole rings is 1. The quantitative estimate of drug-likeness (QED) is 0.403. The molecule has 8 nitrogen and oxygen atoms in total. The van der Waals surface area contributed by atoms with Gasteiger partial charge in [-0.3, -0.25) is 14.2 Å². The highest BCUT2D eigenvalue weighted by atomic mass is 19.1. The van der Waals surface area contributed by atoms with Gasteiger partial charge in [-0.15, -0.1) is 0 Å². The maximum absolute atomic E-state index is 14.4. The molecule has 0 aliphatic heterocycles. The summed E-state index contributed by atoms with van der Waals surface area (Å²) in [4.78, 5) is 49.1. The lowest BCUT2D eigenvalue weighted by Crippen LogP contribution is -2.53. The minimum absolute atomic E-state index is 0.113. The molecule has 0 saturated heterocycles. The summed E-state index contributed by atoms with van der Waals surface area (Å²) < 4.78 is 34.5. The van der Waals surface area contributed by atoms with E-state index >= 15 is 0 Å². The summed E-state index contributed by atoms with van der Waals surface area (Å²) in [6.45, 7) is 14.2. The van der Waals surface area contributed by atoms with Gasteiger partial charge in [0.1, 0.15) is 27.9 Å². The fourth-order valence-corrected chi connectivity index (χ4v) is 3.55. The SMILES string of the molecule is C=C(Cn1c(=O)/c(=C/c2nc[nH]c2C(C)(C)C)[nH]c(=O)/c1=C/c1cc(F)ccc1F)C(=O)OC(C)(C)C. The highest BCUT2D eigenvalue weighted by Crippen LogP contribution is 2.22. The van der Waals surface area contributed by atoms with Crippen LogP contribution in [0.15, 0.2) is 46.3 Å². The number of nitrogens with zero attached hydrogens (tertiary/aromatic N) is 2. The molecule has 0 atom stereocenters. The number of halogens is 2. The maximum atomic E-state index is 14.4. The molecule has 3 rings (SSSR count). The molecule has 2 aromatic heterocycles. The van der Waals surface area contributed by atoms with Crippen LogP contribution in [0.3, 0.4) is 0 Å². The third-order valence-electron chi connectivity index (χ3n) is 5.23. The number of H-pyrrole nitrogens is 2. The van der Waals surface area contributed by atoms with Gasteiger partial charge in [0, 0.05) is 22.2 Å². The number of esters is 1. The molecule has 1 aromatic carbocycles. The van der Waals surface area contributed by atoms with E-state index in [4.69, 9.17) is 4.74 Å². The largest absolute Gasteiger partial charge is 0.457 e. The average molecular weight is 513 g/mol. The van der Waals surface area contributed by atoms with Gasteiger partial charge in [0.2, 0.25) is 0 Å². The molecule has 0 amide bonds. The van der Waals surface area contributed by atoms with Gasteiger partial charge < -0.3 is 14.7 Å². The molecule has 0 unspecified atom stereocenters. The number of rotatable bonds is 5. The lowest BCUT2D eigenvalue weighted by Gasteiger charge is -2.20. The molecule has 196 valence electrons. The van der Waals surface area contributed by atoms with Crippen LogP contribution in [-0.4, -0.2) is 31.1 Å². The fourth-order valence-electron chi connectivity index (χ4n) is 3.55. The second kappa shape index (κ2) is 10.1. The lowest BCUT2D eigenvalue weighted by atomic mass is 9.90. The van der Waals surface area contributed by atoms with Crippen LogP contribution in [-0.2, 0) is 21.5 Å². The Balaban J connectivity index is 2.29. The van der Waals surface area contributed by atoms with Crippen molar-refractivity contribution in [3.63, 3.8) is 0 Å². The number of aromatic amines is 2. The second-order valence-electron chi connectivity index (χ2n) is 10.6. The van der Waals surface area contributed by atoms with E-state index < -0.39 is 40.9 Å². The van der Waals surface area contributed by atoms with Crippen LogP contribution >= 0.6 is 0 Å². The molecule has 0 aliphatic carbocycles. The zero-order chi connectivity index (χ0) is 27.7. The van der Waals surface area contributed by atoms with Crippen LogP contribution in [0.2, 0.25) is 0 Å². The fraction of sp³-hybridized carbons (Fsp3) is 0.333.